The summed E-state index contributed by atoms with van der Waals surface area (Å²) in [5, 5.41) is 5.68. The number of aromatic nitrogens is 6. The van der Waals surface area contributed by atoms with Crippen LogP contribution in [0.3, 0.4) is 0 Å². The fourth-order valence-corrected chi connectivity index (χ4v) is 3.83. The second kappa shape index (κ2) is 6.66. The van der Waals surface area contributed by atoms with Crippen molar-refractivity contribution in [3.8, 4) is 17.2 Å². The largest absolute Gasteiger partial charge is 0.378 e. The summed E-state index contributed by atoms with van der Waals surface area (Å²) in [6.07, 6.45) is 1.73. The van der Waals surface area contributed by atoms with Gasteiger partial charge in [-0.15, -0.1) is 5.10 Å². The van der Waals surface area contributed by atoms with Gasteiger partial charge in [0.15, 0.2) is 17.1 Å². The molecule has 4 heterocycles. The van der Waals surface area contributed by atoms with E-state index in [2.05, 4.69) is 52.7 Å². The Balaban J connectivity index is 1.72. The van der Waals surface area contributed by atoms with Gasteiger partial charge in [-0.3, -0.25) is 4.57 Å². The van der Waals surface area contributed by atoms with Gasteiger partial charge in [0, 0.05) is 36.7 Å². The molecule has 0 aliphatic heterocycles. The van der Waals surface area contributed by atoms with Crippen LogP contribution in [0.4, 0.5) is 5.69 Å². The number of pyridine rings is 1. The highest BCUT2D eigenvalue weighted by Gasteiger charge is 2.19. The summed E-state index contributed by atoms with van der Waals surface area (Å²) in [5.74, 6) is 1.55. The van der Waals surface area contributed by atoms with Gasteiger partial charge in [0.05, 0.1) is 5.39 Å². The lowest BCUT2D eigenvalue weighted by Gasteiger charge is -2.11. The molecule has 0 amide bonds. The third-order valence-electron chi connectivity index (χ3n) is 5.58. The monoisotopic (exact) mass is 397 g/mol. The molecule has 0 spiro atoms. The van der Waals surface area contributed by atoms with E-state index < -0.39 is 0 Å². The summed E-state index contributed by atoms with van der Waals surface area (Å²) in [4.78, 5) is 16.4. The molecule has 5 rings (SSSR count). The zero-order valence-electron chi connectivity index (χ0n) is 17.7. The first kappa shape index (κ1) is 18.3. The lowest BCUT2D eigenvalue weighted by atomic mass is 10.2. The SMILES string of the molecule is Cc1cccc(-n2c(C)c(C)c3c2ncn2nc(-c4ccc(N(C)C)cc4)nc32)n1. The van der Waals surface area contributed by atoms with E-state index in [9.17, 15) is 0 Å². The van der Waals surface area contributed by atoms with E-state index in [1.807, 2.05) is 39.2 Å². The molecule has 0 aliphatic carbocycles. The molecule has 150 valence electrons. The van der Waals surface area contributed by atoms with Crippen LogP contribution in [-0.4, -0.2) is 43.2 Å². The van der Waals surface area contributed by atoms with Crippen LogP contribution in [0, 0.1) is 20.8 Å². The van der Waals surface area contributed by atoms with Crippen molar-refractivity contribution in [1.29, 1.82) is 0 Å². The molecule has 5 aromatic rings. The van der Waals surface area contributed by atoms with E-state index in [1.54, 1.807) is 10.8 Å². The molecule has 0 atom stereocenters. The summed E-state index contributed by atoms with van der Waals surface area (Å²) in [7, 11) is 4.05. The average molecular weight is 397 g/mol. The van der Waals surface area contributed by atoms with Crippen LogP contribution in [0.2, 0.25) is 0 Å². The molecule has 0 radical (unpaired) electrons. The summed E-state index contributed by atoms with van der Waals surface area (Å²) < 4.78 is 3.86. The van der Waals surface area contributed by atoms with Gasteiger partial charge in [-0.2, -0.15) is 0 Å². The maximum absolute atomic E-state index is 4.88. The van der Waals surface area contributed by atoms with Crippen LogP contribution >= 0.6 is 0 Å². The first-order valence-corrected chi connectivity index (χ1v) is 9.89. The zero-order valence-corrected chi connectivity index (χ0v) is 17.7. The predicted octanol–water partition coefficient (Wildman–Crippen LogP) is 4.12. The third-order valence-corrected chi connectivity index (χ3v) is 5.58. The minimum absolute atomic E-state index is 0.688. The Bertz CT molecular complexity index is 1390. The number of aryl methyl sites for hydroxylation is 2. The third kappa shape index (κ3) is 2.74. The Morgan fingerprint density at radius 1 is 0.867 bits per heavy atom. The second-order valence-electron chi connectivity index (χ2n) is 7.77. The molecule has 0 fully saturated rings. The van der Waals surface area contributed by atoms with Gasteiger partial charge in [0.1, 0.15) is 12.1 Å². The van der Waals surface area contributed by atoms with Crippen LogP contribution in [0.15, 0.2) is 48.8 Å². The maximum Gasteiger partial charge on any atom is 0.182 e. The summed E-state index contributed by atoms with van der Waals surface area (Å²) >= 11 is 0. The molecule has 4 aromatic heterocycles. The quantitative estimate of drug-likeness (QED) is 0.458. The van der Waals surface area contributed by atoms with Crippen molar-refractivity contribution in [2.75, 3.05) is 19.0 Å². The highest BCUT2D eigenvalue weighted by Crippen LogP contribution is 2.30. The zero-order chi connectivity index (χ0) is 21.0. The topological polar surface area (TPSA) is 64.1 Å². The number of anilines is 1. The van der Waals surface area contributed by atoms with E-state index in [0.29, 0.717) is 5.82 Å². The Labute approximate surface area is 174 Å². The van der Waals surface area contributed by atoms with Gasteiger partial charge in [-0.05, 0) is 62.7 Å². The fraction of sp³-hybridized carbons (Fsp3) is 0.217. The van der Waals surface area contributed by atoms with Crippen molar-refractivity contribution in [3.05, 3.63) is 65.7 Å². The van der Waals surface area contributed by atoms with Crippen molar-refractivity contribution in [2.24, 2.45) is 0 Å². The van der Waals surface area contributed by atoms with E-state index >= 15 is 0 Å². The first-order chi connectivity index (χ1) is 14.4. The predicted molar refractivity (Wildman–Crippen MR) is 119 cm³/mol. The number of rotatable bonds is 3. The number of nitrogens with zero attached hydrogens (tertiary/aromatic N) is 7. The standard InChI is InChI=1S/C23H23N7/c1-14-7-6-8-19(25-14)30-16(3)15(2)20-22(30)24-13-29-23(20)26-21(27-29)17-9-11-18(12-10-17)28(4)5/h6-13H,1-5H3. The number of fused-ring (bicyclic) bond motifs is 3. The van der Waals surface area contributed by atoms with Crippen LogP contribution in [0.1, 0.15) is 17.0 Å². The minimum Gasteiger partial charge on any atom is -0.378 e. The lowest BCUT2D eigenvalue weighted by molar-refractivity contribution is 0.916. The Morgan fingerprint density at radius 2 is 1.63 bits per heavy atom. The number of hydrogen-bond donors (Lipinski definition) is 0. The molecular formula is C23H23N7. The van der Waals surface area contributed by atoms with E-state index in [4.69, 9.17) is 15.0 Å². The number of hydrogen-bond acceptors (Lipinski definition) is 5. The van der Waals surface area contributed by atoms with Gasteiger partial charge < -0.3 is 4.90 Å². The first-order valence-electron chi connectivity index (χ1n) is 9.89. The normalized spacial score (nSPS) is 11.5. The molecule has 0 saturated carbocycles. The molecular weight excluding hydrogens is 374 g/mol. The summed E-state index contributed by atoms with van der Waals surface area (Å²) in [6, 6.07) is 14.3. The Kier molecular flexibility index (Phi) is 4.06. The van der Waals surface area contributed by atoms with Crippen LogP contribution in [0.5, 0.6) is 0 Å². The van der Waals surface area contributed by atoms with Crippen molar-refractivity contribution >= 4 is 22.4 Å². The van der Waals surface area contributed by atoms with Crippen molar-refractivity contribution in [2.45, 2.75) is 20.8 Å². The molecule has 30 heavy (non-hydrogen) atoms. The van der Waals surface area contributed by atoms with E-state index in [0.717, 1.165) is 50.7 Å². The lowest BCUT2D eigenvalue weighted by Crippen LogP contribution is -2.07. The Morgan fingerprint density at radius 3 is 2.33 bits per heavy atom. The molecule has 0 unspecified atom stereocenters. The smallest absolute Gasteiger partial charge is 0.182 e. The van der Waals surface area contributed by atoms with Crippen molar-refractivity contribution in [3.63, 3.8) is 0 Å². The molecule has 0 bridgehead atoms. The summed E-state index contributed by atoms with van der Waals surface area (Å²) in [6.45, 7) is 6.19. The highest BCUT2D eigenvalue weighted by atomic mass is 15.3. The van der Waals surface area contributed by atoms with Gasteiger partial charge >= 0.3 is 0 Å². The van der Waals surface area contributed by atoms with Crippen molar-refractivity contribution < 1.29 is 0 Å². The number of benzene rings is 1. The van der Waals surface area contributed by atoms with E-state index in [1.165, 1.54) is 0 Å². The molecule has 1 aromatic carbocycles. The average Bonchev–Trinajstić information content (AvgIpc) is 3.27. The van der Waals surface area contributed by atoms with Gasteiger partial charge in [-0.25, -0.2) is 19.5 Å². The molecule has 7 heteroatoms. The van der Waals surface area contributed by atoms with E-state index in [-0.39, 0.29) is 0 Å². The summed E-state index contributed by atoms with van der Waals surface area (Å²) in [5.41, 5.74) is 6.97. The molecule has 0 N–H and O–H groups in total. The molecule has 7 nitrogen and oxygen atoms in total. The van der Waals surface area contributed by atoms with Gasteiger partial charge in [0.2, 0.25) is 0 Å². The fourth-order valence-electron chi connectivity index (χ4n) is 3.83. The van der Waals surface area contributed by atoms with Crippen LogP contribution in [0.25, 0.3) is 33.9 Å². The minimum atomic E-state index is 0.688. The van der Waals surface area contributed by atoms with Gasteiger partial charge in [-0.1, -0.05) is 6.07 Å². The van der Waals surface area contributed by atoms with Crippen molar-refractivity contribution in [1.82, 2.24) is 29.1 Å². The molecule has 0 saturated heterocycles. The van der Waals surface area contributed by atoms with Gasteiger partial charge in [0.25, 0.3) is 0 Å². The Hall–Kier alpha value is -3.74. The molecule has 0 aliphatic rings. The van der Waals surface area contributed by atoms with Crippen LogP contribution < -0.4 is 4.90 Å². The maximum atomic E-state index is 4.88. The second-order valence-corrected chi connectivity index (χ2v) is 7.77. The highest BCUT2D eigenvalue weighted by molar-refractivity contribution is 5.95. The van der Waals surface area contributed by atoms with Crippen LogP contribution in [-0.2, 0) is 0 Å².